The van der Waals surface area contributed by atoms with Gasteiger partial charge in [0.1, 0.15) is 6.54 Å². The van der Waals surface area contributed by atoms with Crippen molar-refractivity contribution in [1.82, 2.24) is 4.90 Å². The minimum Gasteiger partial charge on any atom is -0.468 e. The van der Waals surface area contributed by atoms with Crippen molar-refractivity contribution >= 4 is 23.5 Å². The number of methoxy groups -OCH3 is 1. The summed E-state index contributed by atoms with van der Waals surface area (Å²) < 4.78 is 4.63. The summed E-state index contributed by atoms with van der Waals surface area (Å²) in [4.78, 5) is 37.5. The fourth-order valence-electron chi connectivity index (χ4n) is 2.85. The van der Waals surface area contributed by atoms with Crippen LogP contribution in [-0.2, 0) is 25.5 Å². The first-order valence-corrected chi connectivity index (χ1v) is 8.17. The average molecular weight is 332 g/mol. The topological polar surface area (TPSA) is 75.7 Å². The molecule has 0 fully saturated rings. The van der Waals surface area contributed by atoms with Gasteiger partial charge in [-0.05, 0) is 38.3 Å². The van der Waals surface area contributed by atoms with Crippen LogP contribution in [-0.4, -0.2) is 42.4 Å². The molecule has 2 rings (SSSR count). The Hall–Kier alpha value is -2.37. The lowest BCUT2D eigenvalue weighted by molar-refractivity contribution is -0.148. The largest absolute Gasteiger partial charge is 0.468 e. The molecule has 1 heterocycles. The molecule has 1 atom stereocenters. The van der Waals surface area contributed by atoms with Gasteiger partial charge in [0.2, 0.25) is 11.8 Å². The molecule has 1 aliphatic rings. The number of esters is 1. The molecule has 0 spiro atoms. The molecule has 0 bridgehead atoms. The molecule has 24 heavy (non-hydrogen) atoms. The number of ether oxygens (including phenoxy) is 1. The van der Waals surface area contributed by atoms with Gasteiger partial charge in [0.25, 0.3) is 0 Å². The van der Waals surface area contributed by atoms with E-state index in [0.717, 1.165) is 11.3 Å². The lowest BCUT2D eigenvalue weighted by Crippen LogP contribution is -2.41. The molecule has 1 N–H and O–H groups in total. The Morgan fingerprint density at radius 3 is 2.71 bits per heavy atom. The smallest absolute Gasteiger partial charge is 0.325 e. The van der Waals surface area contributed by atoms with E-state index in [9.17, 15) is 14.4 Å². The molecule has 1 aliphatic heterocycles. The van der Waals surface area contributed by atoms with E-state index in [1.807, 2.05) is 38.1 Å². The maximum absolute atomic E-state index is 12.4. The summed E-state index contributed by atoms with van der Waals surface area (Å²) in [5.41, 5.74) is 1.93. The van der Waals surface area contributed by atoms with Crippen molar-refractivity contribution in [1.29, 1.82) is 0 Å². The Bertz CT molecular complexity index is 627. The minimum atomic E-state index is -0.443. The third-order valence-electron chi connectivity index (χ3n) is 4.29. The third kappa shape index (κ3) is 4.34. The van der Waals surface area contributed by atoms with Gasteiger partial charge in [-0.1, -0.05) is 18.2 Å². The Morgan fingerprint density at radius 1 is 1.33 bits per heavy atom. The van der Waals surface area contributed by atoms with Gasteiger partial charge < -0.3 is 15.0 Å². The van der Waals surface area contributed by atoms with Crippen molar-refractivity contribution in [3.63, 3.8) is 0 Å². The molecular weight excluding hydrogens is 308 g/mol. The number of carbonyl (C=O) groups excluding carboxylic acids is 3. The molecule has 130 valence electrons. The Labute approximate surface area is 142 Å². The molecule has 6 nitrogen and oxygen atoms in total. The van der Waals surface area contributed by atoms with Gasteiger partial charge in [0.05, 0.1) is 7.11 Å². The van der Waals surface area contributed by atoms with Crippen LogP contribution in [0.15, 0.2) is 24.3 Å². The van der Waals surface area contributed by atoms with Crippen molar-refractivity contribution in [3.05, 3.63) is 29.8 Å². The third-order valence-corrected chi connectivity index (χ3v) is 4.29. The van der Waals surface area contributed by atoms with Gasteiger partial charge in [-0.15, -0.1) is 0 Å². The van der Waals surface area contributed by atoms with Crippen molar-refractivity contribution in [3.8, 4) is 0 Å². The normalized spacial score (nSPS) is 16.3. The number of benzene rings is 1. The first-order valence-electron chi connectivity index (χ1n) is 8.17. The molecule has 0 aliphatic carbocycles. The van der Waals surface area contributed by atoms with E-state index >= 15 is 0 Å². The van der Waals surface area contributed by atoms with Gasteiger partial charge in [-0.3, -0.25) is 14.4 Å². The molecule has 0 aromatic heterocycles. The number of carbonyl (C=O) groups is 3. The average Bonchev–Trinajstić information content (AvgIpc) is 2.56. The Morgan fingerprint density at radius 2 is 2.04 bits per heavy atom. The van der Waals surface area contributed by atoms with Crippen LogP contribution >= 0.6 is 0 Å². The van der Waals surface area contributed by atoms with Crippen molar-refractivity contribution in [2.45, 2.75) is 39.2 Å². The predicted octanol–water partition coefficient (Wildman–Crippen LogP) is 1.99. The van der Waals surface area contributed by atoms with Crippen LogP contribution in [0.1, 0.15) is 32.3 Å². The minimum absolute atomic E-state index is 0.0504. The van der Waals surface area contributed by atoms with Crippen LogP contribution in [0.2, 0.25) is 0 Å². The second-order valence-corrected chi connectivity index (χ2v) is 6.28. The fraction of sp³-hybridized carbons (Fsp3) is 0.500. The zero-order chi connectivity index (χ0) is 17.7. The highest BCUT2D eigenvalue weighted by Crippen LogP contribution is 2.27. The van der Waals surface area contributed by atoms with E-state index in [2.05, 4.69) is 10.1 Å². The number of anilines is 1. The summed E-state index contributed by atoms with van der Waals surface area (Å²) in [7, 11) is 1.30. The molecule has 1 aromatic rings. The van der Waals surface area contributed by atoms with Crippen LogP contribution in [0.5, 0.6) is 0 Å². The van der Waals surface area contributed by atoms with Crippen LogP contribution in [0.3, 0.4) is 0 Å². The van der Waals surface area contributed by atoms with Crippen LogP contribution < -0.4 is 5.32 Å². The number of amides is 2. The highest BCUT2D eigenvalue weighted by atomic mass is 16.5. The van der Waals surface area contributed by atoms with E-state index in [4.69, 9.17) is 0 Å². The lowest BCUT2D eigenvalue weighted by atomic mass is 9.89. The summed E-state index contributed by atoms with van der Waals surface area (Å²) in [6.07, 6.45) is 1.33. The van der Waals surface area contributed by atoms with Gasteiger partial charge >= 0.3 is 5.97 Å². The van der Waals surface area contributed by atoms with Gasteiger partial charge in [-0.2, -0.15) is 0 Å². The van der Waals surface area contributed by atoms with E-state index in [1.54, 1.807) is 0 Å². The van der Waals surface area contributed by atoms with E-state index in [0.29, 0.717) is 12.8 Å². The van der Waals surface area contributed by atoms with Crippen LogP contribution in [0.4, 0.5) is 5.69 Å². The second kappa shape index (κ2) is 7.95. The maximum Gasteiger partial charge on any atom is 0.325 e. The highest BCUT2D eigenvalue weighted by molar-refractivity contribution is 5.96. The Balaban J connectivity index is 1.95. The molecule has 0 radical (unpaired) electrons. The first-order chi connectivity index (χ1) is 11.4. The summed E-state index contributed by atoms with van der Waals surface area (Å²) in [6, 6.07) is 7.59. The molecule has 0 saturated heterocycles. The van der Waals surface area contributed by atoms with Gasteiger partial charge in [-0.25, -0.2) is 0 Å². The first kappa shape index (κ1) is 18.0. The summed E-state index contributed by atoms with van der Waals surface area (Å²) in [5.74, 6) is -0.856. The lowest BCUT2D eigenvalue weighted by Gasteiger charge is -2.28. The van der Waals surface area contributed by atoms with Gasteiger partial charge in [0.15, 0.2) is 0 Å². The molecule has 1 aromatic carbocycles. The zero-order valence-corrected chi connectivity index (χ0v) is 14.4. The SMILES string of the molecule is COC(=O)CN(C(=O)CCC1Cc2ccccc2NC1=O)C(C)C. The predicted molar refractivity (Wildman–Crippen MR) is 90.4 cm³/mol. The van der Waals surface area contributed by atoms with Crippen molar-refractivity contribution < 1.29 is 19.1 Å². The summed E-state index contributed by atoms with van der Waals surface area (Å²) in [6.45, 7) is 3.64. The Kier molecular flexibility index (Phi) is 5.95. The summed E-state index contributed by atoms with van der Waals surface area (Å²) in [5, 5.41) is 2.89. The van der Waals surface area contributed by atoms with E-state index in [-0.39, 0.29) is 36.7 Å². The zero-order valence-electron chi connectivity index (χ0n) is 14.4. The van der Waals surface area contributed by atoms with Crippen LogP contribution in [0.25, 0.3) is 0 Å². The fourth-order valence-corrected chi connectivity index (χ4v) is 2.85. The standard InChI is InChI=1S/C18H24N2O4/c1-12(2)20(11-17(22)24-3)16(21)9-8-14-10-13-6-4-5-7-15(13)19-18(14)23/h4-7,12,14H,8-11H2,1-3H3,(H,19,23). The number of para-hydroxylation sites is 1. The second-order valence-electron chi connectivity index (χ2n) is 6.28. The molecular formula is C18H24N2O4. The molecule has 6 heteroatoms. The summed E-state index contributed by atoms with van der Waals surface area (Å²) >= 11 is 0. The number of hydrogen-bond donors (Lipinski definition) is 1. The van der Waals surface area contributed by atoms with E-state index in [1.165, 1.54) is 12.0 Å². The van der Waals surface area contributed by atoms with Crippen molar-refractivity contribution in [2.24, 2.45) is 5.92 Å². The van der Waals surface area contributed by atoms with E-state index < -0.39 is 5.97 Å². The van der Waals surface area contributed by atoms with Crippen LogP contribution in [0, 0.1) is 5.92 Å². The molecule has 2 amide bonds. The monoisotopic (exact) mass is 332 g/mol. The number of nitrogens with one attached hydrogen (secondary N) is 1. The maximum atomic E-state index is 12.4. The number of hydrogen-bond acceptors (Lipinski definition) is 4. The van der Waals surface area contributed by atoms with Gasteiger partial charge in [0, 0.05) is 24.1 Å². The highest BCUT2D eigenvalue weighted by Gasteiger charge is 2.28. The molecule has 1 unspecified atom stereocenters. The quantitative estimate of drug-likeness (QED) is 0.808. The number of rotatable bonds is 6. The number of nitrogens with zero attached hydrogens (tertiary/aromatic N) is 1. The molecule has 0 saturated carbocycles. The van der Waals surface area contributed by atoms with Crippen molar-refractivity contribution in [2.75, 3.05) is 19.0 Å². The number of fused-ring (bicyclic) bond motifs is 1.